The Balaban J connectivity index is 1.67. The summed E-state index contributed by atoms with van der Waals surface area (Å²) in [5.74, 6) is 7.21. The Kier molecular flexibility index (Phi) is 5.69. The maximum Gasteiger partial charge on any atom is 0.135 e. The van der Waals surface area contributed by atoms with Gasteiger partial charge in [-0.3, -0.25) is 0 Å². The lowest BCUT2D eigenvalue weighted by Crippen LogP contribution is -1.95. The Bertz CT molecular complexity index is 894. The molecule has 0 N–H and O–H groups in total. The van der Waals surface area contributed by atoms with Gasteiger partial charge in [0.25, 0.3) is 0 Å². The topological polar surface area (TPSA) is 9.23 Å². The van der Waals surface area contributed by atoms with Gasteiger partial charge in [-0.15, -0.1) is 0 Å². The van der Waals surface area contributed by atoms with E-state index in [9.17, 15) is 0 Å². The lowest BCUT2D eigenvalue weighted by molar-refractivity contribution is 0.362. The minimum absolute atomic E-state index is 0.512. The van der Waals surface area contributed by atoms with Crippen LogP contribution in [0.4, 0.5) is 0 Å². The van der Waals surface area contributed by atoms with E-state index in [-0.39, 0.29) is 0 Å². The summed E-state index contributed by atoms with van der Waals surface area (Å²) in [5, 5.41) is 0. The maximum absolute atomic E-state index is 5.88. The maximum atomic E-state index is 5.88. The van der Waals surface area contributed by atoms with Gasteiger partial charge in [-0.2, -0.15) is 0 Å². The highest BCUT2D eigenvalue weighted by molar-refractivity contribution is 5.51. The summed E-state index contributed by atoms with van der Waals surface area (Å²) >= 11 is 0. The van der Waals surface area contributed by atoms with Crippen molar-refractivity contribution in [3.63, 3.8) is 0 Å². The van der Waals surface area contributed by atoms with E-state index in [1.54, 1.807) is 0 Å². The van der Waals surface area contributed by atoms with E-state index in [1.807, 2.05) is 60.7 Å². The summed E-state index contributed by atoms with van der Waals surface area (Å²) in [6, 6.07) is 26.3. The van der Waals surface area contributed by atoms with Crippen LogP contribution in [-0.2, 0) is 0 Å². The van der Waals surface area contributed by atoms with Crippen molar-refractivity contribution in [3.8, 4) is 17.6 Å². The SMILES string of the molecule is Cc1ccc(C#Cc2ccccc2OC/C=C/c2ccccc2)cc1. The summed E-state index contributed by atoms with van der Waals surface area (Å²) in [6.45, 7) is 2.58. The third kappa shape index (κ3) is 5.12. The van der Waals surface area contributed by atoms with Crippen LogP contribution in [-0.4, -0.2) is 6.61 Å². The minimum Gasteiger partial charge on any atom is -0.488 e. The number of para-hydroxylation sites is 1. The highest BCUT2D eigenvalue weighted by atomic mass is 16.5. The molecule has 0 saturated carbocycles. The van der Waals surface area contributed by atoms with Gasteiger partial charge in [0.15, 0.2) is 0 Å². The number of hydrogen-bond acceptors (Lipinski definition) is 1. The minimum atomic E-state index is 0.512. The largest absolute Gasteiger partial charge is 0.488 e. The first-order valence-electron chi connectivity index (χ1n) is 8.33. The molecule has 1 heteroatoms. The quantitative estimate of drug-likeness (QED) is 0.577. The third-order valence-corrected chi connectivity index (χ3v) is 3.73. The standard InChI is InChI=1S/C24H20O/c1-20-13-15-22(16-14-20)17-18-23-11-5-6-12-24(23)25-19-7-10-21-8-3-2-4-9-21/h2-16H,19H2,1H3/b10-7+. The lowest BCUT2D eigenvalue weighted by Gasteiger charge is -2.05. The van der Waals surface area contributed by atoms with E-state index in [2.05, 4.69) is 49.1 Å². The second-order valence-corrected chi connectivity index (χ2v) is 5.74. The van der Waals surface area contributed by atoms with E-state index < -0.39 is 0 Å². The zero-order valence-corrected chi connectivity index (χ0v) is 14.3. The molecule has 1 nitrogen and oxygen atoms in total. The Morgan fingerprint density at radius 1 is 0.800 bits per heavy atom. The second kappa shape index (κ2) is 8.57. The predicted molar refractivity (Wildman–Crippen MR) is 105 cm³/mol. The van der Waals surface area contributed by atoms with Crippen LogP contribution in [0.2, 0.25) is 0 Å². The van der Waals surface area contributed by atoms with Crippen molar-refractivity contribution in [3.05, 3.63) is 107 Å². The first-order valence-corrected chi connectivity index (χ1v) is 8.33. The predicted octanol–water partition coefficient (Wildman–Crippen LogP) is 5.49. The highest BCUT2D eigenvalue weighted by Crippen LogP contribution is 2.17. The van der Waals surface area contributed by atoms with E-state index >= 15 is 0 Å². The molecule has 0 heterocycles. The lowest BCUT2D eigenvalue weighted by atomic mass is 10.1. The van der Waals surface area contributed by atoms with Gasteiger partial charge in [0.1, 0.15) is 12.4 Å². The molecule has 0 atom stereocenters. The van der Waals surface area contributed by atoms with Gasteiger partial charge in [-0.1, -0.05) is 78.1 Å². The van der Waals surface area contributed by atoms with Gasteiger partial charge in [0.05, 0.1) is 5.56 Å². The van der Waals surface area contributed by atoms with Crippen LogP contribution in [0.5, 0.6) is 5.75 Å². The van der Waals surface area contributed by atoms with Crippen LogP contribution in [0, 0.1) is 18.8 Å². The zero-order chi connectivity index (χ0) is 17.3. The summed E-state index contributed by atoms with van der Waals surface area (Å²) in [7, 11) is 0. The smallest absolute Gasteiger partial charge is 0.135 e. The van der Waals surface area contributed by atoms with Crippen molar-refractivity contribution in [2.24, 2.45) is 0 Å². The van der Waals surface area contributed by atoms with E-state index in [0.29, 0.717) is 6.61 Å². The van der Waals surface area contributed by atoms with Crippen molar-refractivity contribution in [1.82, 2.24) is 0 Å². The Labute approximate surface area is 149 Å². The first kappa shape index (κ1) is 16.6. The third-order valence-electron chi connectivity index (χ3n) is 3.73. The fraction of sp³-hybridized carbons (Fsp3) is 0.0833. The fourth-order valence-corrected chi connectivity index (χ4v) is 2.36. The zero-order valence-electron chi connectivity index (χ0n) is 14.3. The average molecular weight is 324 g/mol. The monoisotopic (exact) mass is 324 g/mol. The second-order valence-electron chi connectivity index (χ2n) is 5.74. The number of rotatable bonds is 4. The van der Waals surface area contributed by atoms with Crippen LogP contribution in [0.3, 0.4) is 0 Å². The molecular formula is C24H20O. The molecule has 3 aromatic carbocycles. The van der Waals surface area contributed by atoms with Crippen molar-refractivity contribution in [2.45, 2.75) is 6.92 Å². The van der Waals surface area contributed by atoms with Crippen LogP contribution < -0.4 is 4.74 Å². The molecule has 0 spiro atoms. The summed E-state index contributed by atoms with van der Waals surface area (Å²) < 4.78 is 5.88. The number of aryl methyl sites for hydroxylation is 1. The number of hydrogen-bond donors (Lipinski definition) is 0. The van der Waals surface area contributed by atoms with Crippen molar-refractivity contribution in [2.75, 3.05) is 6.61 Å². The van der Waals surface area contributed by atoms with Gasteiger partial charge in [0, 0.05) is 5.56 Å². The first-order chi connectivity index (χ1) is 12.3. The summed E-state index contributed by atoms with van der Waals surface area (Å²) in [4.78, 5) is 0. The normalized spacial score (nSPS) is 10.3. The number of benzene rings is 3. The summed E-state index contributed by atoms with van der Waals surface area (Å²) in [6.07, 6.45) is 4.07. The molecule has 0 aliphatic heterocycles. The van der Waals surface area contributed by atoms with E-state index in [4.69, 9.17) is 4.74 Å². The molecule has 0 fully saturated rings. The van der Waals surface area contributed by atoms with Crippen molar-refractivity contribution in [1.29, 1.82) is 0 Å². The molecule has 0 unspecified atom stereocenters. The van der Waals surface area contributed by atoms with E-state index in [1.165, 1.54) is 11.1 Å². The van der Waals surface area contributed by atoms with Gasteiger partial charge in [-0.05, 0) is 42.8 Å². The van der Waals surface area contributed by atoms with Gasteiger partial charge < -0.3 is 4.74 Å². The molecule has 0 radical (unpaired) electrons. The van der Waals surface area contributed by atoms with Crippen LogP contribution in [0.15, 0.2) is 84.9 Å². The number of ether oxygens (including phenoxy) is 1. The Morgan fingerprint density at radius 2 is 1.52 bits per heavy atom. The molecule has 3 aromatic rings. The van der Waals surface area contributed by atoms with Crippen molar-refractivity contribution >= 4 is 6.08 Å². The molecule has 0 aliphatic carbocycles. The highest BCUT2D eigenvalue weighted by Gasteiger charge is 1.98. The van der Waals surface area contributed by atoms with Gasteiger partial charge in [-0.25, -0.2) is 0 Å². The van der Waals surface area contributed by atoms with Crippen LogP contribution >= 0.6 is 0 Å². The molecule has 3 rings (SSSR count). The molecule has 0 saturated heterocycles. The summed E-state index contributed by atoms with van der Waals surface area (Å²) in [5.41, 5.74) is 4.30. The van der Waals surface area contributed by atoms with Gasteiger partial charge in [0.2, 0.25) is 0 Å². The van der Waals surface area contributed by atoms with Crippen LogP contribution in [0.1, 0.15) is 22.3 Å². The van der Waals surface area contributed by atoms with Gasteiger partial charge >= 0.3 is 0 Å². The molecule has 0 aromatic heterocycles. The van der Waals surface area contributed by atoms with Crippen molar-refractivity contribution < 1.29 is 4.74 Å². The molecule has 122 valence electrons. The average Bonchev–Trinajstić information content (AvgIpc) is 2.66. The molecule has 0 aliphatic rings. The molecular weight excluding hydrogens is 304 g/mol. The molecule has 0 bridgehead atoms. The Hall–Kier alpha value is -3.24. The molecule has 25 heavy (non-hydrogen) atoms. The van der Waals surface area contributed by atoms with Crippen LogP contribution in [0.25, 0.3) is 6.08 Å². The molecule has 0 amide bonds. The fourth-order valence-electron chi connectivity index (χ4n) is 2.36. The Morgan fingerprint density at radius 3 is 2.32 bits per heavy atom. The van der Waals surface area contributed by atoms with E-state index in [0.717, 1.165) is 16.9 Å².